The van der Waals surface area contributed by atoms with E-state index in [0.29, 0.717) is 16.6 Å². The summed E-state index contributed by atoms with van der Waals surface area (Å²) in [6, 6.07) is 4.79. The first kappa shape index (κ1) is 25.1. The number of carbonyl (C=O) groups is 1. The zero-order valence-corrected chi connectivity index (χ0v) is 21.0. The van der Waals surface area contributed by atoms with Crippen LogP contribution in [-0.4, -0.2) is 42.8 Å². The smallest absolute Gasteiger partial charge is 0.306 e. The molecule has 0 aliphatic rings. The molecule has 2 aromatic rings. The molecule has 0 aliphatic heterocycles. The van der Waals surface area contributed by atoms with Crippen molar-refractivity contribution < 1.29 is 22.1 Å². The fourth-order valence-corrected chi connectivity index (χ4v) is 4.71. The van der Waals surface area contributed by atoms with Gasteiger partial charge in [-0.25, -0.2) is 0 Å². The second kappa shape index (κ2) is 10.9. The lowest BCUT2D eigenvalue weighted by atomic mass is 10.1. The molecule has 1 amide bonds. The van der Waals surface area contributed by atoms with Gasteiger partial charge in [-0.3, -0.25) is 10.1 Å². The number of hydrogen-bond acceptors (Lipinski definition) is 10. The highest BCUT2D eigenvalue weighted by atomic mass is 79.9. The third-order valence-electron chi connectivity index (χ3n) is 3.34. The lowest BCUT2D eigenvalue weighted by Crippen LogP contribution is -2.13. The minimum absolute atomic E-state index is 0.0367. The molecule has 1 aromatic carbocycles. The lowest BCUT2D eigenvalue weighted by Gasteiger charge is -2.11. The summed E-state index contributed by atoms with van der Waals surface area (Å²) < 4.78 is 37.5. The van der Waals surface area contributed by atoms with Gasteiger partial charge in [-0.1, -0.05) is 25.6 Å². The van der Waals surface area contributed by atoms with Crippen LogP contribution in [0, 0.1) is 17.2 Å². The largest absolute Gasteiger partial charge is 0.493 e. The number of ether oxygens (including phenoxy) is 1. The van der Waals surface area contributed by atoms with Crippen LogP contribution in [0.15, 0.2) is 27.3 Å². The number of nitrogens with one attached hydrogen (secondary N) is 1. The van der Waals surface area contributed by atoms with Crippen molar-refractivity contribution in [3.05, 3.63) is 27.7 Å². The Morgan fingerprint density at radius 2 is 2.16 bits per heavy atom. The van der Waals surface area contributed by atoms with E-state index in [0.717, 1.165) is 23.5 Å². The molecule has 0 radical (unpaired) electrons. The molecule has 0 bridgehead atoms. The number of anilines is 1. The Hall–Kier alpha value is -2.14. The highest BCUT2D eigenvalue weighted by Crippen LogP contribution is 2.38. The van der Waals surface area contributed by atoms with Crippen LogP contribution in [0.25, 0.3) is 6.08 Å². The van der Waals surface area contributed by atoms with E-state index >= 15 is 0 Å². The van der Waals surface area contributed by atoms with Crippen LogP contribution < -0.4 is 14.2 Å². The number of methoxy groups -OCH3 is 1. The number of benzene rings is 1. The fourth-order valence-electron chi connectivity index (χ4n) is 2.10. The maximum atomic E-state index is 12.5. The summed E-state index contributed by atoms with van der Waals surface area (Å²) in [5.41, 5.74) is 0.235. The molecular formula is C18H19BrN4O5S3. The SMILES string of the molecule is COc1cc(/C=C(/C#N)C(=O)Nc2nc(SCC(C)C)ns2)cc(Br)c1OS(C)(=O)=O. The van der Waals surface area contributed by atoms with Gasteiger partial charge in [0.05, 0.1) is 17.8 Å². The van der Waals surface area contributed by atoms with Crippen LogP contribution in [0.2, 0.25) is 0 Å². The van der Waals surface area contributed by atoms with Crippen LogP contribution >= 0.6 is 39.2 Å². The molecule has 1 aromatic heterocycles. The highest BCUT2D eigenvalue weighted by Gasteiger charge is 2.18. The standard InChI is InChI=1S/C18H19BrN4O5S3/c1-10(2)9-29-18-22-17(30-23-18)21-16(24)12(8-20)5-11-6-13(19)15(14(7-11)27-3)28-31(4,25)26/h5-7,10H,9H2,1-4H3,(H,21,22,23,24)/b12-5-. The lowest BCUT2D eigenvalue weighted by molar-refractivity contribution is -0.112. The quantitative estimate of drug-likeness (QED) is 0.215. The first-order valence-corrected chi connectivity index (χ1v) is 13.1. The number of amides is 1. The Kier molecular flexibility index (Phi) is 8.87. The van der Waals surface area contributed by atoms with Crippen LogP contribution in [0.4, 0.5) is 5.13 Å². The van der Waals surface area contributed by atoms with E-state index in [2.05, 4.69) is 44.5 Å². The summed E-state index contributed by atoms with van der Waals surface area (Å²) in [4.78, 5) is 16.7. The molecule has 2 rings (SSSR count). The number of aromatic nitrogens is 2. The maximum absolute atomic E-state index is 12.5. The van der Waals surface area contributed by atoms with Gasteiger partial charge in [-0.2, -0.15) is 23.0 Å². The second-order valence-electron chi connectivity index (χ2n) is 6.53. The van der Waals surface area contributed by atoms with Gasteiger partial charge in [0.15, 0.2) is 11.5 Å². The number of hydrogen-bond donors (Lipinski definition) is 1. The van der Waals surface area contributed by atoms with Crippen LogP contribution in [0.1, 0.15) is 19.4 Å². The Morgan fingerprint density at radius 1 is 1.45 bits per heavy atom. The zero-order valence-electron chi connectivity index (χ0n) is 17.0. The van der Waals surface area contributed by atoms with Crippen molar-refractivity contribution in [2.24, 2.45) is 5.92 Å². The summed E-state index contributed by atoms with van der Waals surface area (Å²) >= 11 is 5.74. The van der Waals surface area contributed by atoms with Crippen molar-refractivity contribution in [2.45, 2.75) is 19.0 Å². The predicted octanol–water partition coefficient (Wildman–Crippen LogP) is 3.94. The van der Waals surface area contributed by atoms with Crippen LogP contribution in [0.5, 0.6) is 11.5 Å². The molecule has 0 spiro atoms. The molecule has 0 saturated carbocycles. The molecule has 0 atom stereocenters. The number of thioether (sulfide) groups is 1. The van der Waals surface area contributed by atoms with E-state index in [-0.39, 0.29) is 26.7 Å². The van der Waals surface area contributed by atoms with Crippen molar-refractivity contribution in [3.63, 3.8) is 0 Å². The molecule has 0 aliphatic carbocycles. The Labute approximate surface area is 197 Å². The molecule has 31 heavy (non-hydrogen) atoms. The van der Waals surface area contributed by atoms with Gasteiger partial charge in [0, 0.05) is 17.3 Å². The summed E-state index contributed by atoms with van der Waals surface area (Å²) in [5, 5.41) is 12.8. The molecule has 9 nitrogen and oxygen atoms in total. The van der Waals surface area contributed by atoms with Gasteiger partial charge in [-0.15, -0.1) is 0 Å². The van der Waals surface area contributed by atoms with Gasteiger partial charge >= 0.3 is 10.1 Å². The van der Waals surface area contributed by atoms with E-state index in [4.69, 9.17) is 8.92 Å². The number of halogens is 1. The molecule has 13 heteroatoms. The van der Waals surface area contributed by atoms with Gasteiger partial charge < -0.3 is 8.92 Å². The van der Waals surface area contributed by atoms with Crippen molar-refractivity contribution in [1.29, 1.82) is 5.26 Å². The minimum atomic E-state index is -3.78. The Balaban J connectivity index is 2.23. The summed E-state index contributed by atoms with van der Waals surface area (Å²) in [7, 11) is -2.44. The molecule has 0 unspecified atom stereocenters. The van der Waals surface area contributed by atoms with Crippen molar-refractivity contribution in [2.75, 3.05) is 24.4 Å². The molecule has 0 fully saturated rings. The van der Waals surface area contributed by atoms with Gasteiger partial charge in [-0.05, 0) is 45.6 Å². The third kappa shape index (κ3) is 7.80. The highest BCUT2D eigenvalue weighted by molar-refractivity contribution is 9.10. The molecule has 1 N–H and O–H groups in total. The molecule has 166 valence electrons. The van der Waals surface area contributed by atoms with E-state index < -0.39 is 16.0 Å². The molecular weight excluding hydrogens is 528 g/mol. The topological polar surface area (TPSA) is 131 Å². The first-order chi connectivity index (χ1) is 14.5. The second-order valence-corrected chi connectivity index (χ2v) is 10.7. The van der Waals surface area contributed by atoms with Crippen molar-refractivity contribution >= 4 is 66.5 Å². The van der Waals surface area contributed by atoms with Crippen molar-refractivity contribution in [3.8, 4) is 17.6 Å². The molecule has 0 saturated heterocycles. The zero-order chi connectivity index (χ0) is 23.2. The van der Waals surface area contributed by atoms with Gasteiger partial charge in [0.1, 0.15) is 11.6 Å². The average Bonchev–Trinajstić information content (AvgIpc) is 3.12. The van der Waals surface area contributed by atoms with Crippen LogP contribution in [0.3, 0.4) is 0 Å². The van der Waals surface area contributed by atoms with Crippen molar-refractivity contribution in [1.82, 2.24) is 9.36 Å². The maximum Gasteiger partial charge on any atom is 0.306 e. The Bertz CT molecular complexity index is 1140. The third-order valence-corrected chi connectivity index (χ3v) is 6.41. The van der Waals surface area contributed by atoms with E-state index in [1.165, 1.54) is 37.1 Å². The van der Waals surface area contributed by atoms with E-state index in [9.17, 15) is 18.5 Å². The number of carbonyl (C=O) groups excluding carboxylic acids is 1. The van der Waals surface area contributed by atoms with Gasteiger partial charge in [0.25, 0.3) is 5.91 Å². The monoisotopic (exact) mass is 546 g/mol. The summed E-state index contributed by atoms with van der Waals surface area (Å²) in [6.45, 7) is 4.17. The van der Waals surface area contributed by atoms with E-state index in [1.54, 1.807) is 0 Å². The van der Waals surface area contributed by atoms with Crippen LogP contribution in [-0.2, 0) is 14.9 Å². The number of rotatable bonds is 9. The average molecular weight is 547 g/mol. The minimum Gasteiger partial charge on any atom is -0.493 e. The Morgan fingerprint density at radius 3 is 2.74 bits per heavy atom. The number of nitrogens with zero attached hydrogens (tertiary/aromatic N) is 3. The summed E-state index contributed by atoms with van der Waals surface area (Å²) in [5.74, 6) is 0.754. The number of nitriles is 1. The summed E-state index contributed by atoms with van der Waals surface area (Å²) in [6.07, 6.45) is 2.24. The fraction of sp³-hybridized carbons (Fsp3) is 0.333. The van der Waals surface area contributed by atoms with E-state index in [1.807, 2.05) is 6.07 Å². The first-order valence-electron chi connectivity index (χ1n) is 8.69. The normalized spacial score (nSPS) is 11.8. The predicted molar refractivity (Wildman–Crippen MR) is 124 cm³/mol. The molecule has 1 heterocycles. The van der Waals surface area contributed by atoms with Gasteiger partial charge in [0.2, 0.25) is 10.3 Å².